The molecule has 0 rings (SSSR count). The van der Waals surface area contributed by atoms with Crippen molar-refractivity contribution in [3.8, 4) is 11.8 Å². The van der Waals surface area contributed by atoms with E-state index in [0.29, 0.717) is 13.0 Å². The molecular formula is C8H13NO2. The maximum atomic E-state index is 10.7. The fourth-order valence-corrected chi connectivity index (χ4v) is 0.572. The number of ether oxygens (including phenoxy) is 1. The molecule has 0 heterocycles. The first-order valence-electron chi connectivity index (χ1n) is 3.46. The molecule has 3 heteroatoms. The standard InChI is InChI=1S/C8H13NO2/c1-3-4-5-6-9-8(10)7-11-2/h5-7H2,1-2H3,(H,9,10). The molecule has 0 bridgehead atoms. The van der Waals surface area contributed by atoms with E-state index in [1.807, 2.05) is 0 Å². The van der Waals surface area contributed by atoms with Gasteiger partial charge in [-0.05, 0) is 6.92 Å². The fraction of sp³-hybridized carbons (Fsp3) is 0.625. The summed E-state index contributed by atoms with van der Waals surface area (Å²) in [5.41, 5.74) is 0. The van der Waals surface area contributed by atoms with E-state index < -0.39 is 0 Å². The van der Waals surface area contributed by atoms with Crippen molar-refractivity contribution in [3.05, 3.63) is 0 Å². The highest BCUT2D eigenvalue weighted by Crippen LogP contribution is 1.73. The average molecular weight is 155 g/mol. The minimum absolute atomic E-state index is 0.0922. The Morgan fingerprint density at radius 2 is 2.36 bits per heavy atom. The normalized spacial score (nSPS) is 8.18. The van der Waals surface area contributed by atoms with Crippen molar-refractivity contribution in [1.82, 2.24) is 5.32 Å². The van der Waals surface area contributed by atoms with Gasteiger partial charge in [0, 0.05) is 20.1 Å². The second-order valence-corrected chi connectivity index (χ2v) is 1.96. The Kier molecular flexibility index (Phi) is 6.45. The number of carbonyl (C=O) groups excluding carboxylic acids is 1. The van der Waals surface area contributed by atoms with Crippen molar-refractivity contribution in [2.45, 2.75) is 13.3 Å². The summed E-state index contributed by atoms with van der Waals surface area (Å²) in [6, 6.07) is 0. The van der Waals surface area contributed by atoms with Gasteiger partial charge < -0.3 is 10.1 Å². The van der Waals surface area contributed by atoms with E-state index in [1.54, 1.807) is 6.92 Å². The molecule has 0 spiro atoms. The minimum atomic E-state index is -0.0922. The molecule has 0 saturated carbocycles. The van der Waals surface area contributed by atoms with Crippen molar-refractivity contribution in [2.75, 3.05) is 20.3 Å². The average Bonchev–Trinajstić information content (AvgIpc) is 1.99. The van der Waals surface area contributed by atoms with Crippen LogP contribution in [0.15, 0.2) is 0 Å². The minimum Gasteiger partial charge on any atom is -0.375 e. The largest absolute Gasteiger partial charge is 0.375 e. The zero-order chi connectivity index (χ0) is 8.53. The lowest BCUT2D eigenvalue weighted by molar-refractivity contribution is -0.124. The van der Waals surface area contributed by atoms with Crippen LogP contribution in [0.5, 0.6) is 0 Å². The first-order valence-corrected chi connectivity index (χ1v) is 3.46. The van der Waals surface area contributed by atoms with Gasteiger partial charge in [-0.15, -0.1) is 11.8 Å². The van der Waals surface area contributed by atoms with Gasteiger partial charge in [0.15, 0.2) is 0 Å². The Morgan fingerprint density at radius 1 is 1.64 bits per heavy atom. The van der Waals surface area contributed by atoms with Gasteiger partial charge in [-0.2, -0.15) is 0 Å². The molecule has 0 aromatic heterocycles. The maximum absolute atomic E-state index is 10.7. The monoisotopic (exact) mass is 155 g/mol. The predicted octanol–water partition coefficient (Wildman–Crippen LogP) is 0.162. The van der Waals surface area contributed by atoms with Crippen molar-refractivity contribution >= 4 is 5.91 Å². The maximum Gasteiger partial charge on any atom is 0.246 e. The van der Waals surface area contributed by atoms with Gasteiger partial charge in [0.2, 0.25) is 5.91 Å². The summed E-state index contributed by atoms with van der Waals surface area (Å²) in [5, 5.41) is 2.65. The zero-order valence-electron chi connectivity index (χ0n) is 6.94. The summed E-state index contributed by atoms with van der Waals surface area (Å²) in [7, 11) is 1.49. The Hall–Kier alpha value is -1.01. The summed E-state index contributed by atoms with van der Waals surface area (Å²) in [6.45, 7) is 2.50. The third-order valence-corrected chi connectivity index (χ3v) is 1.02. The number of hydrogen-bond donors (Lipinski definition) is 1. The van der Waals surface area contributed by atoms with Crippen LogP contribution in [0.4, 0.5) is 0 Å². The summed E-state index contributed by atoms with van der Waals surface area (Å²) in [6.07, 6.45) is 0.700. The topological polar surface area (TPSA) is 38.3 Å². The lowest BCUT2D eigenvalue weighted by Gasteiger charge is -1.99. The van der Waals surface area contributed by atoms with E-state index in [1.165, 1.54) is 7.11 Å². The van der Waals surface area contributed by atoms with Crippen LogP contribution in [0.1, 0.15) is 13.3 Å². The summed E-state index contributed by atoms with van der Waals surface area (Å²) in [4.78, 5) is 10.7. The Balaban J connectivity index is 3.22. The van der Waals surface area contributed by atoms with Gasteiger partial charge in [0.05, 0.1) is 0 Å². The SMILES string of the molecule is CC#CCCNC(=O)COC. The number of amides is 1. The molecule has 0 unspecified atom stereocenters. The first kappa shape index (κ1) is 9.99. The highest BCUT2D eigenvalue weighted by Gasteiger charge is 1.95. The lowest BCUT2D eigenvalue weighted by atomic mass is 10.4. The highest BCUT2D eigenvalue weighted by atomic mass is 16.5. The fourth-order valence-electron chi connectivity index (χ4n) is 0.572. The molecule has 0 radical (unpaired) electrons. The zero-order valence-corrected chi connectivity index (χ0v) is 6.94. The molecule has 3 nitrogen and oxygen atoms in total. The van der Waals surface area contributed by atoms with Crippen LogP contribution in [0.25, 0.3) is 0 Å². The molecule has 1 amide bonds. The molecule has 1 N–H and O–H groups in total. The number of carbonyl (C=O) groups is 1. The van der Waals surface area contributed by atoms with Gasteiger partial charge >= 0.3 is 0 Å². The van der Waals surface area contributed by atoms with Crippen LogP contribution >= 0.6 is 0 Å². The van der Waals surface area contributed by atoms with Crippen LogP contribution < -0.4 is 5.32 Å². The van der Waals surface area contributed by atoms with Crippen LogP contribution in [-0.2, 0) is 9.53 Å². The molecule has 0 atom stereocenters. The van der Waals surface area contributed by atoms with Crippen LogP contribution in [0.2, 0.25) is 0 Å². The molecule has 0 aromatic carbocycles. The van der Waals surface area contributed by atoms with E-state index >= 15 is 0 Å². The second kappa shape index (κ2) is 7.10. The summed E-state index contributed by atoms with van der Waals surface area (Å²) in [5.74, 6) is 5.49. The summed E-state index contributed by atoms with van der Waals surface area (Å²) >= 11 is 0. The van der Waals surface area contributed by atoms with Crippen molar-refractivity contribution < 1.29 is 9.53 Å². The van der Waals surface area contributed by atoms with Gasteiger partial charge in [-0.25, -0.2) is 0 Å². The first-order chi connectivity index (χ1) is 5.31. The number of nitrogens with one attached hydrogen (secondary N) is 1. The second-order valence-electron chi connectivity index (χ2n) is 1.96. The predicted molar refractivity (Wildman–Crippen MR) is 43.0 cm³/mol. The van der Waals surface area contributed by atoms with Gasteiger partial charge in [0.1, 0.15) is 6.61 Å². The molecule has 0 aliphatic heterocycles. The summed E-state index contributed by atoms with van der Waals surface area (Å²) < 4.78 is 4.61. The van der Waals surface area contributed by atoms with Crippen molar-refractivity contribution in [1.29, 1.82) is 0 Å². The molecule has 0 saturated heterocycles. The van der Waals surface area contributed by atoms with Crippen molar-refractivity contribution in [3.63, 3.8) is 0 Å². The molecule has 0 aliphatic carbocycles. The van der Waals surface area contributed by atoms with E-state index in [0.717, 1.165) is 0 Å². The molecule has 0 aromatic rings. The molecule has 62 valence electrons. The Labute approximate surface area is 67.1 Å². The molecule has 0 fully saturated rings. The van der Waals surface area contributed by atoms with E-state index in [4.69, 9.17) is 0 Å². The molecular weight excluding hydrogens is 142 g/mol. The number of hydrogen-bond acceptors (Lipinski definition) is 2. The van der Waals surface area contributed by atoms with Crippen LogP contribution in [0.3, 0.4) is 0 Å². The van der Waals surface area contributed by atoms with E-state index in [9.17, 15) is 4.79 Å². The van der Waals surface area contributed by atoms with Gasteiger partial charge in [-0.1, -0.05) is 0 Å². The van der Waals surface area contributed by atoms with Crippen molar-refractivity contribution in [2.24, 2.45) is 0 Å². The molecule has 11 heavy (non-hydrogen) atoms. The third kappa shape index (κ3) is 6.88. The smallest absolute Gasteiger partial charge is 0.246 e. The van der Waals surface area contributed by atoms with Gasteiger partial charge in [-0.3, -0.25) is 4.79 Å². The Bertz CT molecular complexity index is 167. The van der Waals surface area contributed by atoms with E-state index in [-0.39, 0.29) is 12.5 Å². The third-order valence-electron chi connectivity index (χ3n) is 1.02. The van der Waals surface area contributed by atoms with E-state index in [2.05, 4.69) is 21.9 Å². The quantitative estimate of drug-likeness (QED) is 0.464. The molecule has 0 aliphatic rings. The number of rotatable bonds is 4. The number of methoxy groups -OCH3 is 1. The Morgan fingerprint density at radius 3 is 2.91 bits per heavy atom. The van der Waals surface area contributed by atoms with Crippen LogP contribution in [0, 0.1) is 11.8 Å². The highest BCUT2D eigenvalue weighted by molar-refractivity contribution is 5.77. The van der Waals surface area contributed by atoms with Gasteiger partial charge in [0.25, 0.3) is 0 Å². The van der Waals surface area contributed by atoms with Crippen LogP contribution in [-0.4, -0.2) is 26.2 Å². The lowest BCUT2D eigenvalue weighted by Crippen LogP contribution is -2.27.